The first-order chi connectivity index (χ1) is 8.38. The van der Waals surface area contributed by atoms with Crippen LogP contribution in [-0.2, 0) is 11.3 Å². The fraction of sp³-hybridized carbons (Fsp3) is 0.615. The molecule has 1 saturated heterocycles. The molecule has 1 aliphatic heterocycles. The maximum absolute atomic E-state index is 8.72. The van der Waals surface area contributed by atoms with Gasteiger partial charge in [-0.1, -0.05) is 0 Å². The van der Waals surface area contributed by atoms with Crippen LogP contribution in [0.1, 0.15) is 35.4 Å². The molecule has 4 heteroatoms. The standard InChI is InChI=1S/C13H18N2OS/c14-9-12-4-5-13(17-12)10-15-7-6-11-3-1-2-8-16-11/h4-5,11,15H,1-3,6-8,10H2. The Kier molecular flexibility index (Phi) is 4.99. The molecule has 2 heterocycles. The Balaban J connectivity index is 1.61. The molecule has 0 saturated carbocycles. The summed E-state index contributed by atoms with van der Waals surface area (Å²) < 4.78 is 5.67. The Morgan fingerprint density at radius 1 is 1.47 bits per heavy atom. The summed E-state index contributed by atoms with van der Waals surface area (Å²) in [7, 11) is 0. The fourth-order valence-electron chi connectivity index (χ4n) is 2.04. The van der Waals surface area contributed by atoms with Gasteiger partial charge in [-0.3, -0.25) is 0 Å². The smallest absolute Gasteiger partial charge is 0.110 e. The highest BCUT2D eigenvalue weighted by Gasteiger charge is 2.12. The van der Waals surface area contributed by atoms with Crippen LogP contribution < -0.4 is 5.32 Å². The molecule has 0 bridgehead atoms. The molecule has 1 aromatic heterocycles. The number of ether oxygens (including phenoxy) is 1. The van der Waals surface area contributed by atoms with Crippen LogP contribution in [0.4, 0.5) is 0 Å². The van der Waals surface area contributed by atoms with Crippen LogP contribution in [0.25, 0.3) is 0 Å². The molecule has 1 aromatic rings. The number of nitriles is 1. The first-order valence-corrected chi connectivity index (χ1v) is 7.01. The molecule has 92 valence electrons. The predicted octanol–water partition coefficient (Wildman–Crippen LogP) is 2.67. The Morgan fingerprint density at radius 3 is 3.12 bits per heavy atom. The third-order valence-corrected chi connectivity index (χ3v) is 3.98. The van der Waals surface area contributed by atoms with E-state index in [2.05, 4.69) is 11.4 Å². The minimum absolute atomic E-state index is 0.453. The third-order valence-electron chi connectivity index (χ3n) is 2.99. The van der Waals surface area contributed by atoms with Gasteiger partial charge in [-0.15, -0.1) is 11.3 Å². The van der Waals surface area contributed by atoms with Gasteiger partial charge in [0.15, 0.2) is 0 Å². The van der Waals surface area contributed by atoms with Crippen molar-refractivity contribution >= 4 is 11.3 Å². The first-order valence-electron chi connectivity index (χ1n) is 6.19. The zero-order chi connectivity index (χ0) is 11.9. The van der Waals surface area contributed by atoms with Crippen LogP contribution in [0.2, 0.25) is 0 Å². The average molecular weight is 250 g/mol. The number of thiophene rings is 1. The summed E-state index contributed by atoms with van der Waals surface area (Å²) in [6.45, 7) is 2.78. The monoisotopic (exact) mass is 250 g/mol. The zero-order valence-electron chi connectivity index (χ0n) is 9.95. The van der Waals surface area contributed by atoms with Crippen molar-refractivity contribution < 1.29 is 4.74 Å². The second-order valence-corrected chi connectivity index (χ2v) is 5.50. The zero-order valence-corrected chi connectivity index (χ0v) is 10.8. The maximum Gasteiger partial charge on any atom is 0.110 e. The third kappa shape index (κ3) is 4.12. The molecular formula is C13H18N2OS. The minimum Gasteiger partial charge on any atom is -0.378 e. The molecular weight excluding hydrogens is 232 g/mol. The van der Waals surface area contributed by atoms with Crippen LogP contribution in [0.15, 0.2) is 12.1 Å². The summed E-state index contributed by atoms with van der Waals surface area (Å²) in [5.74, 6) is 0. The van der Waals surface area contributed by atoms with Crippen LogP contribution in [-0.4, -0.2) is 19.3 Å². The van der Waals surface area contributed by atoms with E-state index in [0.717, 1.165) is 31.0 Å². The molecule has 1 unspecified atom stereocenters. The molecule has 0 amide bonds. The molecule has 0 radical (unpaired) electrons. The van der Waals surface area contributed by atoms with Crippen LogP contribution >= 0.6 is 11.3 Å². The van der Waals surface area contributed by atoms with E-state index >= 15 is 0 Å². The number of rotatable bonds is 5. The lowest BCUT2D eigenvalue weighted by molar-refractivity contribution is 0.0115. The number of hydrogen-bond donors (Lipinski definition) is 1. The summed E-state index contributed by atoms with van der Waals surface area (Å²) in [6.07, 6.45) is 5.28. The van der Waals surface area contributed by atoms with Crippen molar-refractivity contribution in [3.8, 4) is 6.07 Å². The predicted molar refractivity (Wildman–Crippen MR) is 68.9 cm³/mol. The number of nitrogens with zero attached hydrogens (tertiary/aromatic N) is 1. The Labute approximate surface area is 106 Å². The largest absolute Gasteiger partial charge is 0.378 e. The van der Waals surface area contributed by atoms with Gasteiger partial charge in [0.1, 0.15) is 10.9 Å². The van der Waals surface area contributed by atoms with Gasteiger partial charge in [0.2, 0.25) is 0 Å². The molecule has 2 rings (SSSR count). The molecule has 1 N–H and O–H groups in total. The second-order valence-electron chi connectivity index (χ2n) is 4.33. The van der Waals surface area contributed by atoms with Gasteiger partial charge in [-0.05, 0) is 44.4 Å². The highest BCUT2D eigenvalue weighted by Crippen LogP contribution is 2.16. The van der Waals surface area contributed by atoms with Crippen molar-refractivity contribution in [2.24, 2.45) is 0 Å². The van der Waals surface area contributed by atoms with E-state index in [4.69, 9.17) is 10.00 Å². The normalized spacial score (nSPS) is 20.1. The van der Waals surface area contributed by atoms with E-state index in [1.165, 1.54) is 24.1 Å². The van der Waals surface area contributed by atoms with Gasteiger partial charge in [-0.2, -0.15) is 5.26 Å². The molecule has 1 atom stereocenters. The Hall–Kier alpha value is -0.890. The molecule has 1 fully saturated rings. The van der Waals surface area contributed by atoms with Crippen molar-refractivity contribution in [1.82, 2.24) is 5.32 Å². The Bertz CT molecular complexity index is 377. The van der Waals surface area contributed by atoms with Gasteiger partial charge < -0.3 is 10.1 Å². The highest BCUT2D eigenvalue weighted by atomic mass is 32.1. The molecule has 17 heavy (non-hydrogen) atoms. The van der Waals surface area contributed by atoms with Crippen LogP contribution in [0.5, 0.6) is 0 Å². The topological polar surface area (TPSA) is 45.0 Å². The molecule has 0 aliphatic carbocycles. The highest BCUT2D eigenvalue weighted by molar-refractivity contribution is 7.12. The first kappa shape index (κ1) is 12.6. The van der Waals surface area contributed by atoms with E-state index in [-0.39, 0.29) is 0 Å². The maximum atomic E-state index is 8.72. The second kappa shape index (κ2) is 6.75. The van der Waals surface area contributed by atoms with Crippen molar-refractivity contribution in [2.45, 2.75) is 38.3 Å². The summed E-state index contributed by atoms with van der Waals surface area (Å²) in [4.78, 5) is 2.02. The lowest BCUT2D eigenvalue weighted by atomic mass is 10.1. The summed E-state index contributed by atoms with van der Waals surface area (Å²) in [5.41, 5.74) is 0. The van der Waals surface area contributed by atoms with Crippen molar-refractivity contribution in [2.75, 3.05) is 13.2 Å². The summed E-state index contributed by atoms with van der Waals surface area (Å²) >= 11 is 1.56. The lowest BCUT2D eigenvalue weighted by Gasteiger charge is -2.22. The fourth-order valence-corrected chi connectivity index (χ4v) is 2.82. The molecule has 3 nitrogen and oxygen atoms in total. The Morgan fingerprint density at radius 2 is 2.41 bits per heavy atom. The van der Waals surface area contributed by atoms with Crippen molar-refractivity contribution in [1.29, 1.82) is 5.26 Å². The van der Waals surface area contributed by atoms with E-state index in [0.29, 0.717) is 6.10 Å². The number of hydrogen-bond acceptors (Lipinski definition) is 4. The van der Waals surface area contributed by atoms with Gasteiger partial charge in [0, 0.05) is 18.0 Å². The van der Waals surface area contributed by atoms with Crippen molar-refractivity contribution in [3.63, 3.8) is 0 Å². The molecule has 0 spiro atoms. The van der Waals surface area contributed by atoms with E-state index in [1.807, 2.05) is 12.1 Å². The van der Waals surface area contributed by atoms with Crippen molar-refractivity contribution in [3.05, 3.63) is 21.9 Å². The van der Waals surface area contributed by atoms with Crippen LogP contribution in [0.3, 0.4) is 0 Å². The van der Waals surface area contributed by atoms with E-state index in [1.54, 1.807) is 11.3 Å². The number of nitrogens with one attached hydrogen (secondary N) is 1. The van der Waals surface area contributed by atoms with Crippen LogP contribution in [0, 0.1) is 11.3 Å². The molecule has 1 aliphatic rings. The lowest BCUT2D eigenvalue weighted by Crippen LogP contribution is -2.24. The quantitative estimate of drug-likeness (QED) is 0.817. The average Bonchev–Trinajstić information content (AvgIpc) is 2.84. The molecule has 0 aromatic carbocycles. The SMILES string of the molecule is N#Cc1ccc(CNCCC2CCCCO2)s1. The summed E-state index contributed by atoms with van der Waals surface area (Å²) in [6, 6.07) is 6.06. The van der Waals surface area contributed by atoms with E-state index in [9.17, 15) is 0 Å². The van der Waals surface area contributed by atoms with Gasteiger partial charge in [0.05, 0.1) is 6.10 Å². The minimum atomic E-state index is 0.453. The van der Waals surface area contributed by atoms with Gasteiger partial charge >= 0.3 is 0 Å². The van der Waals surface area contributed by atoms with Gasteiger partial charge in [-0.25, -0.2) is 0 Å². The van der Waals surface area contributed by atoms with E-state index < -0.39 is 0 Å². The summed E-state index contributed by atoms with van der Waals surface area (Å²) in [5, 5.41) is 12.1. The van der Waals surface area contributed by atoms with Gasteiger partial charge in [0.25, 0.3) is 0 Å².